The molecule has 0 atom stereocenters. The lowest BCUT2D eigenvalue weighted by molar-refractivity contribution is 0.497. The van der Waals surface area contributed by atoms with Gasteiger partial charge in [0.2, 0.25) is 5.70 Å². The minimum atomic E-state index is -0.138. The van der Waals surface area contributed by atoms with Crippen LogP contribution >= 0.6 is 11.6 Å². The second kappa shape index (κ2) is 6.70. The molecular weight excluding hydrogens is 322 g/mol. The maximum absolute atomic E-state index is 10.7. The second-order valence-corrected chi connectivity index (χ2v) is 7.08. The Bertz CT molecular complexity index is 818. The van der Waals surface area contributed by atoms with Gasteiger partial charge in [-0.2, -0.15) is 5.10 Å². The van der Waals surface area contributed by atoms with Gasteiger partial charge in [-0.25, -0.2) is 4.85 Å². The predicted octanol–water partition coefficient (Wildman–Crippen LogP) is 5.47. The third-order valence-electron chi connectivity index (χ3n) is 3.94. The first kappa shape index (κ1) is 18.1. The smallest absolute Gasteiger partial charge is 0.237 e. The number of aliphatic hydroxyl groups is 1. The lowest BCUT2D eigenvalue weighted by Crippen LogP contribution is -2.10. The molecule has 0 spiro atoms. The van der Waals surface area contributed by atoms with Crippen LogP contribution in [0.25, 0.3) is 16.3 Å². The van der Waals surface area contributed by atoms with E-state index < -0.39 is 0 Å². The van der Waals surface area contributed by atoms with Gasteiger partial charge in [-0.1, -0.05) is 56.6 Å². The Balaban J connectivity index is 2.59. The van der Waals surface area contributed by atoms with E-state index in [1.54, 1.807) is 11.6 Å². The zero-order valence-corrected chi connectivity index (χ0v) is 15.4. The molecule has 0 aliphatic heterocycles. The number of hydrogen-bond donors (Lipinski definition) is 1. The molecule has 2 aromatic rings. The highest BCUT2D eigenvalue weighted by Crippen LogP contribution is 2.32. The number of benzene rings is 1. The van der Waals surface area contributed by atoms with Gasteiger partial charge in [-0.3, -0.25) is 4.68 Å². The molecule has 1 aromatic heterocycles. The summed E-state index contributed by atoms with van der Waals surface area (Å²) in [7, 11) is 0. The summed E-state index contributed by atoms with van der Waals surface area (Å²) in [6.45, 7) is 18.1. The van der Waals surface area contributed by atoms with Gasteiger partial charge in [0, 0.05) is 6.54 Å². The first-order valence-electron chi connectivity index (χ1n) is 7.85. The van der Waals surface area contributed by atoms with E-state index in [9.17, 15) is 5.11 Å². The van der Waals surface area contributed by atoms with Gasteiger partial charge in [-0.05, 0) is 30.4 Å². The molecule has 0 amide bonds. The summed E-state index contributed by atoms with van der Waals surface area (Å²) in [6.07, 6.45) is 0. The fraction of sp³-hybridized carbons (Fsp3) is 0.368. The minimum Gasteiger partial charge on any atom is -0.517 e. The van der Waals surface area contributed by atoms with Gasteiger partial charge >= 0.3 is 0 Å². The Kier molecular flexibility index (Phi) is 5.05. The van der Waals surface area contributed by atoms with Crippen molar-refractivity contribution in [2.24, 2.45) is 0 Å². The van der Waals surface area contributed by atoms with Crippen molar-refractivity contribution in [3.63, 3.8) is 0 Å². The Hall–Kier alpha value is -2.25. The molecule has 0 saturated carbocycles. The topological polar surface area (TPSA) is 42.4 Å². The molecule has 5 heteroatoms. The zero-order chi connectivity index (χ0) is 18.1. The average Bonchev–Trinajstić information content (AvgIpc) is 2.82. The molecule has 0 radical (unpaired) electrons. The van der Waals surface area contributed by atoms with Gasteiger partial charge in [0.15, 0.2) is 5.76 Å². The minimum absolute atomic E-state index is 0.0316. The van der Waals surface area contributed by atoms with E-state index >= 15 is 0 Å². The maximum Gasteiger partial charge on any atom is 0.237 e. The summed E-state index contributed by atoms with van der Waals surface area (Å²) in [4.78, 5) is 3.53. The number of aryl methyl sites for hydroxylation is 2. The van der Waals surface area contributed by atoms with Crippen LogP contribution in [0.4, 0.5) is 0 Å². The molecule has 0 saturated heterocycles. The highest BCUT2D eigenvalue weighted by atomic mass is 35.5. The molecule has 4 nitrogen and oxygen atoms in total. The molecule has 1 N–H and O–H groups in total. The molecule has 1 heterocycles. The zero-order valence-electron chi connectivity index (χ0n) is 14.7. The number of hydrogen-bond acceptors (Lipinski definition) is 2. The highest BCUT2D eigenvalue weighted by molar-refractivity contribution is 6.33. The van der Waals surface area contributed by atoms with Crippen LogP contribution in [-0.4, -0.2) is 14.9 Å². The molecule has 0 aliphatic carbocycles. The summed E-state index contributed by atoms with van der Waals surface area (Å²) >= 11 is 6.28. The largest absolute Gasteiger partial charge is 0.517 e. The van der Waals surface area contributed by atoms with E-state index in [1.165, 1.54) is 5.56 Å². The van der Waals surface area contributed by atoms with Gasteiger partial charge in [0.05, 0.1) is 17.3 Å². The van der Waals surface area contributed by atoms with Crippen LogP contribution in [0.2, 0.25) is 5.02 Å². The van der Waals surface area contributed by atoms with Crippen LogP contribution in [0.15, 0.2) is 24.3 Å². The van der Waals surface area contributed by atoms with Crippen molar-refractivity contribution in [2.45, 2.75) is 46.6 Å². The molecule has 0 unspecified atom stereocenters. The molecule has 2 rings (SSSR count). The number of aliphatic hydroxyl groups excluding tert-OH is 1. The molecule has 0 aliphatic rings. The first-order chi connectivity index (χ1) is 11.2. The van der Waals surface area contributed by atoms with E-state index in [1.807, 2.05) is 31.2 Å². The van der Waals surface area contributed by atoms with Crippen molar-refractivity contribution in [1.29, 1.82) is 0 Å². The van der Waals surface area contributed by atoms with E-state index in [-0.39, 0.29) is 16.9 Å². The maximum atomic E-state index is 10.7. The highest BCUT2D eigenvalue weighted by Gasteiger charge is 2.21. The molecule has 0 bridgehead atoms. The molecule has 24 heavy (non-hydrogen) atoms. The fourth-order valence-corrected chi connectivity index (χ4v) is 2.73. The summed E-state index contributed by atoms with van der Waals surface area (Å²) in [5, 5.41) is 15.4. The first-order valence-corrected chi connectivity index (χ1v) is 8.23. The predicted molar refractivity (Wildman–Crippen MR) is 98.8 cm³/mol. The quantitative estimate of drug-likeness (QED) is 0.593. The fourth-order valence-electron chi connectivity index (χ4n) is 2.51. The van der Waals surface area contributed by atoms with Crippen LogP contribution in [0.3, 0.4) is 0 Å². The normalized spacial score (nSPS) is 12.7. The van der Waals surface area contributed by atoms with E-state index in [2.05, 4.69) is 30.7 Å². The van der Waals surface area contributed by atoms with Gasteiger partial charge in [0.25, 0.3) is 0 Å². The SMILES string of the molecule is [C-]#[N+]C(=C(O)c1c(Cl)c(C)nn1CC)c1ccc(C(C)(C)C)cc1. The lowest BCUT2D eigenvalue weighted by atomic mass is 9.86. The van der Waals surface area contributed by atoms with Crippen LogP contribution in [-0.2, 0) is 12.0 Å². The molecule has 0 fully saturated rings. The molecular formula is C19H22ClN3O. The number of halogens is 1. The van der Waals surface area contributed by atoms with Crippen molar-refractivity contribution in [1.82, 2.24) is 9.78 Å². The molecule has 126 valence electrons. The third kappa shape index (κ3) is 3.32. The average molecular weight is 344 g/mol. The van der Waals surface area contributed by atoms with Crippen LogP contribution in [0.1, 0.15) is 50.2 Å². The Morgan fingerprint density at radius 3 is 2.33 bits per heavy atom. The lowest BCUT2D eigenvalue weighted by Gasteiger charge is -2.19. The van der Waals surface area contributed by atoms with E-state index in [4.69, 9.17) is 18.2 Å². The number of nitrogens with zero attached hydrogens (tertiary/aromatic N) is 3. The van der Waals surface area contributed by atoms with Crippen molar-refractivity contribution in [2.75, 3.05) is 0 Å². The van der Waals surface area contributed by atoms with Crippen molar-refractivity contribution in [3.05, 3.63) is 63.2 Å². The monoisotopic (exact) mass is 343 g/mol. The summed E-state index contributed by atoms with van der Waals surface area (Å²) in [6, 6.07) is 7.69. The summed E-state index contributed by atoms with van der Waals surface area (Å²) in [5.41, 5.74) is 3.06. The van der Waals surface area contributed by atoms with Gasteiger partial charge in [-0.15, -0.1) is 0 Å². The second-order valence-electron chi connectivity index (χ2n) is 6.70. The Labute approximate surface area is 148 Å². The van der Waals surface area contributed by atoms with Crippen LogP contribution in [0, 0.1) is 13.5 Å². The standard InChI is InChI=1S/C19H22ClN3O/c1-7-23-17(15(20)12(2)22-23)18(24)16(21-6)13-8-10-14(11-9-13)19(3,4)5/h8-11,24H,7H2,1-5H3. The van der Waals surface area contributed by atoms with Crippen LogP contribution < -0.4 is 0 Å². The molecule has 1 aromatic carbocycles. The Morgan fingerprint density at radius 2 is 1.88 bits per heavy atom. The van der Waals surface area contributed by atoms with E-state index in [0.717, 1.165) is 0 Å². The number of rotatable bonds is 3. The van der Waals surface area contributed by atoms with Crippen molar-refractivity contribution >= 4 is 23.1 Å². The van der Waals surface area contributed by atoms with Crippen LogP contribution in [0.5, 0.6) is 0 Å². The third-order valence-corrected chi connectivity index (χ3v) is 4.39. The number of aromatic nitrogens is 2. The summed E-state index contributed by atoms with van der Waals surface area (Å²) < 4.78 is 1.61. The van der Waals surface area contributed by atoms with E-state index in [0.29, 0.717) is 28.5 Å². The van der Waals surface area contributed by atoms with Crippen molar-refractivity contribution < 1.29 is 5.11 Å². The van der Waals surface area contributed by atoms with Crippen molar-refractivity contribution in [3.8, 4) is 0 Å². The Morgan fingerprint density at radius 1 is 1.29 bits per heavy atom. The van der Waals surface area contributed by atoms with Gasteiger partial charge in [0.1, 0.15) is 5.69 Å². The summed E-state index contributed by atoms with van der Waals surface area (Å²) in [5.74, 6) is -0.138. The van der Waals surface area contributed by atoms with Gasteiger partial charge < -0.3 is 5.11 Å².